The fraction of sp³-hybridized carbons (Fsp3) is 0.273. The summed E-state index contributed by atoms with van der Waals surface area (Å²) in [4.78, 5) is 11.4. The number of carbonyl (C=O) groups excluding carboxylic acids is 1. The van der Waals surface area contributed by atoms with Crippen molar-refractivity contribution >= 4 is 23.2 Å². The van der Waals surface area contributed by atoms with Crippen LogP contribution in [0, 0.1) is 0 Å². The molecule has 0 radical (unpaired) electrons. The standard InChI is InChI=1S/C11H9ClF2N2O/c12-8-3-1-2-7(4-8)6-16-10(17)5-9(15-16)11(13)14/h1-4,11H,5-6H2. The zero-order chi connectivity index (χ0) is 12.4. The molecular weight excluding hydrogens is 250 g/mol. The predicted octanol–water partition coefficient (Wildman–Crippen LogP) is 2.69. The van der Waals surface area contributed by atoms with Gasteiger partial charge in [-0.1, -0.05) is 23.7 Å². The molecule has 0 bridgehead atoms. The minimum Gasteiger partial charge on any atom is -0.273 e. The molecule has 1 aromatic rings. The molecule has 6 heteroatoms. The van der Waals surface area contributed by atoms with E-state index in [1.165, 1.54) is 0 Å². The number of hydrazone groups is 1. The lowest BCUT2D eigenvalue weighted by molar-refractivity contribution is -0.129. The molecule has 1 amide bonds. The smallest absolute Gasteiger partial charge is 0.273 e. The molecule has 0 spiro atoms. The van der Waals surface area contributed by atoms with Gasteiger partial charge in [-0.25, -0.2) is 13.8 Å². The summed E-state index contributed by atoms with van der Waals surface area (Å²) < 4.78 is 24.7. The summed E-state index contributed by atoms with van der Waals surface area (Å²) in [6, 6.07) is 6.86. The highest BCUT2D eigenvalue weighted by Gasteiger charge is 2.28. The maximum atomic E-state index is 12.4. The van der Waals surface area contributed by atoms with E-state index in [0.29, 0.717) is 5.02 Å². The summed E-state index contributed by atoms with van der Waals surface area (Å²) in [5, 5.41) is 5.18. The van der Waals surface area contributed by atoms with Crippen molar-refractivity contribution < 1.29 is 13.6 Å². The highest BCUT2D eigenvalue weighted by Crippen LogP contribution is 2.18. The first-order chi connectivity index (χ1) is 8.06. The number of benzene rings is 1. The molecular formula is C11H9ClF2N2O. The Morgan fingerprint density at radius 1 is 1.47 bits per heavy atom. The van der Waals surface area contributed by atoms with Gasteiger partial charge in [-0.2, -0.15) is 5.10 Å². The fourth-order valence-electron chi connectivity index (χ4n) is 1.54. The van der Waals surface area contributed by atoms with E-state index >= 15 is 0 Å². The minimum absolute atomic E-state index is 0.162. The largest absolute Gasteiger partial charge is 0.278 e. The highest BCUT2D eigenvalue weighted by molar-refractivity contribution is 6.30. The molecule has 3 nitrogen and oxygen atoms in total. The first kappa shape index (κ1) is 12.0. The number of halogens is 3. The summed E-state index contributed by atoms with van der Waals surface area (Å²) in [6.45, 7) is 0.162. The normalized spacial score (nSPS) is 15.6. The second-order valence-electron chi connectivity index (χ2n) is 3.65. The Balaban J connectivity index is 2.12. The molecule has 1 heterocycles. The second-order valence-corrected chi connectivity index (χ2v) is 4.09. The molecule has 0 unspecified atom stereocenters. The topological polar surface area (TPSA) is 32.7 Å². The van der Waals surface area contributed by atoms with Crippen LogP contribution in [0.25, 0.3) is 0 Å². The van der Waals surface area contributed by atoms with E-state index in [2.05, 4.69) is 5.10 Å². The number of hydrogen-bond acceptors (Lipinski definition) is 2. The number of hydrogen-bond donors (Lipinski definition) is 0. The van der Waals surface area contributed by atoms with E-state index in [4.69, 9.17) is 11.6 Å². The van der Waals surface area contributed by atoms with Gasteiger partial charge in [0.25, 0.3) is 6.43 Å². The van der Waals surface area contributed by atoms with E-state index in [-0.39, 0.29) is 18.7 Å². The molecule has 0 fully saturated rings. The fourth-order valence-corrected chi connectivity index (χ4v) is 1.76. The van der Waals surface area contributed by atoms with Crippen molar-refractivity contribution in [1.29, 1.82) is 0 Å². The number of rotatable bonds is 3. The third-order valence-corrected chi connectivity index (χ3v) is 2.58. The van der Waals surface area contributed by atoms with Crippen molar-refractivity contribution in [2.45, 2.75) is 19.4 Å². The SMILES string of the molecule is O=C1CC(C(F)F)=NN1Cc1cccc(Cl)c1. The first-order valence-corrected chi connectivity index (χ1v) is 5.34. The van der Waals surface area contributed by atoms with Gasteiger partial charge in [-0.15, -0.1) is 0 Å². The Hall–Kier alpha value is -1.49. The summed E-state index contributed by atoms with van der Waals surface area (Å²) >= 11 is 5.79. The zero-order valence-electron chi connectivity index (χ0n) is 8.74. The molecule has 1 aromatic carbocycles. The number of carbonyl (C=O) groups is 1. The third-order valence-electron chi connectivity index (χ3n) is 2.34. The number of amides is 1. The van der Waals surface area contributed by atoms with Crippen LogP contribution < -0.4 is 0 Å². The number of alkyl halides is 2. The van der Waals surface area contributed by atoms with Crippen LogP contribution in [0.5, 0.6) is 0 Å². The maximum Gasteiger partial charge on any atom is 0.278 e. The maximum absolute atomic E-state index is 12.4. The van der Waals surface area contributed by atoms with E-state index in [0.717, 1.165) is 10.6 Å². The lowest BCUT2D eigenvalue weighted by Crippen LogP contribution is -2.20. The Morgan fingerprint density at radius 2 is 2.24 bits per heavy atom. The van der Waals surface area contributed by atoms with Gasteiger partial charge in [0.1, 0.15) is 5.71 Å². The second kappa shape index (κ2) is 4.79. The molecule has 17 heavy (non-hydrogen) atoms. The van der Waals surface area contributed by atoms with Crippen LogP contribution in [0.4, 0.5) is 8.78 Å². The van der Waals surface area contributed by atoms with Gasteiger partial charge in [0.15, 0.2) is 0 Å². The van der Waals surface area contributed by atoms with Crippen molar-refractivity contribution in [1.82, 2.24) is 5.01 Å². The van der Waals surface area contributed by atoms with Gasteiger partial charge in [0.05, 0.1) is 13.0 Å². The highest BCUT2D eigenvalue weighted by atomic mass is 35.5. The van der Waals surface area contributed by atoms with Crippen LogP contribution >= 0.6 is 11.6 Å². The molecule has 90 valence electrons. The van der Waals surface area contributed by atoms with Crippen molar-refractivity contribution in [3.8, 4) is 0 Å². The molecule has 0 atom stereocenters. The average Bonchev–Trinajstić information content (AvgIpc) is 2.61. The van der Waals surface area contributed by atoms with Crippen molar-refractivity contribution in [3.63, 3.8) is 0 Å². The Bertz CT molecular complexity index is 476. The molecule has 2 rings (SSSR count). The van der Waals surface area contributed by atoms with Crippen LogP contribution in [-0.4, -0.2) is 23.1 Å². The van der Waals surface area contributed by atoms with Crippen molar-refractivity contribution in [3.05, 3.63) is 34.9 Å². The molecule has 0 N–H and O–H groups in total. The molecule has 0 aromatic heterocycles. The summed E-state index contributed by atoms with van der Waals surface area (Å²) in [6.07, 6.45) is -2.98. The van der Waals surface area contributed by atoms with Gasteiger partial charge in [-0.3, -0.25) is 4.79 Å². The van der Waals surface area contributed by atoms with Crippen molar-refractivity contribution in [2.75, 3.05) is 0 Å². The van der Waals surface area contributed by atoms with Crippen LogP contribution in [0.1, 0.15) is 12.0 Å². The Morgan fingerprint density at radius 3 is 2.82 bits per heavy atom. The molecule has 1 aliphatic rings. The van der Waals surface area contributed by atoms with Crippen molar-refractivity contribution in [2.24, 2.45) is 5.10 Å². The van der Waals surface area contributed by atoms with Crippen LogP contribution in [-0.2, 0) is 11.3 Å². The third kappa shape index (κ3) is 2.79. The Kier molecular flexibility index (Phi) is 3.38. The molecule has 0 saturated carbocycles. The van der Waals surface area contributed by atoms with E-state index in [1.807, 2.05) is 0 Å². The molecule has 1 aliphatic heterocycles. The van der Waals surface area contributed by atoms with Crippen LogP contribution in [0.3, 0.4) is 0 Å². The van der Waals surface area contributed by atoms with Gasteiger partial charge in [-0.05, 0) is 17.7 Å². The quantitative estimate of drug-likeness (QED) is 0.820. The van der Waals surface area contributed by atoms with E-state index in [9.17, 15) is 13.6 Å². The minimum atomic E-state index is -2.68. The van der Waals surface area contributed by atoms with Gasteiger partial charge >= 0.3 is 0 Å². The van der Waals surface area contributed by atoms with Gasteiger partial charge in [0.2, 0.25) is 5.91 Å². The predicted molar refractivity (Wildman–Crippen MR) is 60.1 cm³/mol. The van der Waals surface area contributed by atoms with Crippen LogP contribution in [0.15, 0.2) is 29.4 Å². The van der Waals surface area contributed by atoms with Crippen LogP contribution in [0.2, 0.25) is 5.02 Å². The van der Waals surface area contributed by atoms with E-state index in [1.54, 1.807) is 24.3 Å². The average molecular weight is 259 g/mol. The Labute approximate surface area is 102 Å². The summed E-state index contributed by atoms with van der Waals surface area (Å²) in [7, 11) is 0. The molecule has 0 aliphatic carbocycles. The summed E-state index contributed by atoms with van der Waals surface area (Å²) in [5.41, 5.74) is 0.377. The van der Waals surface area contributed by atoms with E-state index < -0.39 is 12.3 Å². The lowest BCUT2D eigenvalue weighted by Gasteiger charge is -2.11. The summed E-state index contributed by atoms with van der Waals surface area (Å²) in [5.74, 6) is -0.416. The zero-order valence-corrected chi connectivity index (χ0v) is 9.49. The first-order valence-electron chi connectivity index (χ1n) is 4.96. The van der Waals surface area contributed by atoms with Gasteiger partial charge < -0.3 is 0 Å². The monoisotopic (exact) mass is 258 g/mol. The van der Waals surface area contributed by atoms with Gasteiger partial charge in [0, 0.05) is 5.02 Å². The number of nitrogens with zero attached hydrogens (tertiary/aromatic N) is 2. The molecule has 0 saturated heterocycles. The lowest BCUT2D eigenvalue weighted by atomic mass is 10.2.